The second-order valence-corrected chi connectivity index (χ2v) is 9.70. The molecular weight excluding hydrogens is 396 g/mol. The van der Waals surface area contributed by atoms with E-state index in [4.69, 9.17) is 9.62 Å². The highest BCUT2D eigenvalue weighted by Gasteiger charge is 2.23. The van der Waals surface area contributed by atoms with Crippen LogP contribution in [0.1, 0.15) is 127 Å². The summed E-state index contributed by atoms with van der Waals surface area (Å²) in [5.74, 6) is -0.376. The fraction of sp³-hybridized carbons (Fsp3) is 0.920. The van der Waals surface area contributed by atoms with E-state index in [9.17, 15) is 9.59 Å². The number of esters is 1. The minimum absolute atomic E-state index is 0.0338. The van der Waals surface area contributed by atoms with Crippen molar-refractivity contribution in [2.75, 3.05) is 0 Å². The van der Waals surface area contributed by atoms with Crippen molar-refractivity contribution in [1.82, 2.24) is 0 Å². The molecule has 0 saturated heterocycles. The molecule has 186 valence electrons. The van der Waals surface area contributed by atoms with Crippen molar-refractivity contribution in [2.24, 2.45) is 11.8 Å². The number of rotatable bonds is 14. The van der Waals surface area contributed by atoms with Crippen molar-refractivity contribution < 1.29 is 29.1 Å². The van der Waals surface area contributed by atoms with Crippen LogP contribution in [-0.4, -0.2) is 23.1 Å². The van der Waals surface area contributed by atoms with Gasteiger partial charge in [-0.2, -0.15) is 4.89 Å². The number of carbonyl (C=O) groups excluding carboxylic acids is 2. The lowest BCUT2D eigenvalue weighted by Gasteiger charge is -2.23. The van der Waals surface area contributed by atoms with Gasteiger partial charge in [0.05, 0.1) is 11.8 Å². The largest absolute Gasteiger partial charge is 0.460 e. The van der Waals surface area contributed by atoms with Crippen LogP contribution >= 0.6 is 0 Å². The van der Waals surface area contributed by atoms with Gasteiger partial charge in [-0.25, -0.2) is 4.79 Å². The first kappa shape index (κ1) is 32.0. The van der Waals surface area contributed by atoms with Gasteiger partial charge >= 0.3 is 11.9 Å². The van der Waals surface area contributed by atoms with Crippen molar-refractivity contribution in [3.8, 4) is 0 Å². The molecule has 0 bridgehead atoms. The molecule has 2 atom stereocenters. The van der Waals surface area contributed by atoms with Crippen LogP contribution in [0.25, 0.3) is 0 Å². The van der Waals surface area contributed by atoms with E-state index in [1.54, 1.807) is 0 Å². The third kappa shape index (κ3) is 18.2. The van der Waals surface area contributed by atoms with Gasteiger partial charge in [0.25, 0.3) is 0 Å². The van der Waals surface area contributed by atoms with E-state index in [-0.39, 0.29) is 29.4 Å². The highest BCUT2D eigenvalue weighted by atomic mass is 17.5. The van der Waals surface area contributed by atoms with Crippen LogP contribution in [0.4, 0.5) is 0 Å². The molecule has 0 aromatic heterocycles. The third-order valence-corrected chi connectivity index (χ3v) is 5.10. The smallest absolute Gasteiger partial charge is 0.348 e. The fourth-order valence-electron chi connectivity index (χ4n) is 2.53. The second kappa shape index (κ2) is 17.4. The van der Waals surface area contributed by atoms with Gasteiger partial charge in [0.2, 0.25) is 0 Å². The zero-order chi connectivity index (χ0) is 24.5. The van der Waals surface area contributed by atoms with Gasteiger partial charge in [0, 0.05) is 0 Å². The molecule has 0 rings (SSSR count). The Morgan fingerprint density at radius 1 is 0.742 bits per heavy atom. The summed E-state index contributed by atoms with van der Waals surface area (Å²) < 4.78 is 5.35. The number of ether oxygens (including phenoxy) is 1. The van der Waals surface area contributed by atoms with E-state index in [0.717, 1.165) is 57.8 Å². The van der Waals surface area contributed by atoms with Gasteiger partial charge in [-0.1, -0.05) is 60.3 Å². The van der Waals surface area contributed by atoms with E-state index in [2.05, 4.69) is 23.8 Å². The third-order valence-electron chi connectivity index (χ3n) is 5.10. The first-order chi connectivity index (χ1) is 14.4. The van der Waals surface area contributed by atoms with Crippen molar-refractivity contribution in [2.45, 2.75) is 138 Å². The van der Waals surface area contributed by atoms with Crippen LogP contribution < -0.4 is 0 Å². The number of hydrogen-bond donors (Lipinski definition) is 0. The van der Waals surface area contributed by atoms with Crippen LogP contribution in [0.15, 0.2) is 0 Å². The minimum atomic E-state index is -0.439. The summed E-state index contributed by atoms with van der Waals surface area (Å²) in [5, 5.41) is 4.56. The molecule has 0 amide bonds. The lowest BCUT2D eigenvalue weighted by molar-refractivity contribution is -0.517. The molecule has 0 N–H and O–H groups in total. The molecule has 0 heterocycles. The van der Waals surface area contributed by atoms with E-state index >= 15 is 0 Å². The SMILES string of the molecule is CCCCC(CC)C(=O)OC(C)(C)C.CCCCC(CC)C(=O)OOOC(C)(C)CC. The summed E-state index contributed by atoms with van der Waals surface area (Å²) >= 11 is 0. The first-order valence-corrected chi connectivity index (χ1v) is 12.2. The van der Waals surface area contributed by atoms with Gasteiger partial charge in [0.15, 0.2) is 0 Å². The first-order valence-electron chi connectivity index (χ1n) is 12.2. The second-order valence-electron chi connectivity index (χ2n) is 9.70. The quantitative estimate of drug-likeness (QED) is 0.158. The summed E-state index contributed by atoms with van der Waals surface area (Å²) in [7, 11) is 0. The summed E-state index contributed by atoms with van der Waals surface area (Å²) in [5.41, 5.74) is -0.790. The van der Waals surface area contributed by atoms with Gasteiger partial charge in [-0.3, -0.25) is 9.68 Å². The lowest BCUT2D eigenvalue weighted by atomic mass is 9.99. The Morgan fingerprint density at radius 3 is 1.55 bits per heavy atom. The Bertz CT molecular complexity index is 467. The average molecular weight is 447 g/mol. The molecule has 6 heteroatoms. The van der Waals surface area contributed by atoms with Gasteiger partial charge in [-0.05, 0) is 71.8 Å². The zero-order valence-electron chi connectivity index (χ0n) is 22.0. The summed E-state index contributed by atoms with van der Waals surface area (Å²) in [6.45, 7) is 19.7. The fourth-order valence-corrected chi connectivity index (χ4v) is 2.53. The van der Waals surface area contributed by atoms with E-state index in [1.807, 2.05) is 55.4 Å². The molecule has 0 aromatic rings. The molecular formula is C25H50O6. The maximum Gasteiger partial charge on any atom is 0.348 e. The molecule has 0 aromatic carbocycles. The van der Waals surface area contributed by atoms with Crippen molar-refractivity contribution in [3.05, 3.63) is 0 Å². The molecule has 0 aliphatic heterocycles. The van der Waals surface area contributed by atoms with Gasteiger partial charge < -0.3 is 4.74 Å². The molecule has 6 nitrogen and oxygen atoms in total. The normalized spacial score (nSPS) is 13.6. The standard InChI is InChI=1S/C13H26O4.C12H24O2/c1-6-9-10-11(7-2)12(14)15-17-16-13(4,5)8-3;1-6-8-9-10(7-2)11(13)14-12(3,4)5/h11H,6-10H2,1-5H3;10H,6-9H2,1-5H3. The zero-order valence-corrected chi connectivity index (χ0v) is 22.0. The van der Waals surface area contributed by atoms with Gasteiger partial charge in [-0.15, -0.1) is 0 Å². The topological polar surface area (TPSA) is 71.1 Å². The van der Waals surface area contributed by atoms with Crippen LogP contribution in [0.5, 0.6) is 0 Å². The summed E-state index contributed by atoms with van der Waals surface area (Å²) in [4.78, 5) is 33.0. The molecule has 0 saturated carbocycles. The maximum absolute atomic E-state index is 11.7. The number of hydrogen-bond acceptors (Lipinski definition) is 6. The molecule has 31 heavy (non-hydrogen) atoms. The van der Waals surface area contributed by atoms with E-state index in [1.165, 1.54) is 0 Å². The van der Waals surface area contributed by atoms with Crippen LogP contribution in [0, 0.1) is 11.8 Å². The summed E-state index contributed by atoms with van der Waals surface area (Å²) in [6, 6.07) is 0. The van der Waals surface area contributed by atoms with Crippen molar-refractivity contribution in [1.29, 1.82) is 0 Å². The molecule has 2 unspecified atom stereocenters. The lowest BCUT2D eigenvalue weighted by Crippen LogP contribution is -2.28. The van der Waals surface area contributed by atoms with Gasteiger partial charge in [0.1, 0.15) is 11.2 Å². The maximum atomic E-state index is 11.7. The highest BCUT2D eigenvalue weighted by Crippen LogP contribution is 2.19. The van der Waals surface area contributed by atoms with Crippen molar-refractivity contribution >= 4 is 11.9 Å². The molecule has 0 spiro atoms. The van der Waals surface area contributed by atoms with E-state index < -0.39 is 5.60 Å². The predicted octanol–water partition coefficient (Wildman–Crippen LogP) is 7.34. The Kier molecular flexibility index (Phi) is 18.0. The Morgan fingerprint density at radius 2 is 1.19 bits per heavy atom. The number of carbonyl (C=O) groups is 2. The summed E-state index contributed by atoms with van der Waals surface area (Å²) in [6.07, 6.45) is 8.57. The van der Waals surface area contributed by atoms with Crippen LogP contribution in [-0.2, 0) is 29.1 Å². The molecule has 0 fully saturated rings. The van der Waals surface area contributed by atoms with E-state index in [0.29, 0.717) is 0 Å². The molecule has 0 radical (unpaired) electrons. The monoisotopic (exact) mass is 446 g/mol. The van der Waals surface area contributed by atoms with Crippen molar-refractivity contribution in [3.63, 3.8) is 0 Å². The van der Waals surface area contributed by atoms with Crippen LogP contribution in [0.3, 0.4) is 0 Å². The van der Waals surface area contributed by atoms with Crippen LogP contribution in [0.2, 0.25) is 0 Å². The minimum Gasteiger partial charge on any atom is -0.460 e. The predicted molar refractivity (Wildman–Crippen MR) is 125 cm³/mol. The average Bonchev–Trinajstić information content (AvgIpc) is 2.68. The Balaban J connectivity index is 0. The Hall–Kier alpha value is -1.14. The highest BCUT2D eigenvalue weighted by molar-refractivity contribution is 5.72. The Labute approximate surface area is 191 Å². The molecule has 0 aliphatic carbocycles. The molecule has 0 aliphatic rings. The number of unbranched alkanes of at least 4 members (excludes halogenated alkanes) is 2.